The van der Waals surface area contributed by atoms with Crippen LogP contribution in [0, 0.1) is 5.82 Å². The molecule has 0 saturated carbocycles. The second kappa shape index (κ2) is 9.99. The predicted molar refractivity (Wildman–Crippen MR) is 134 cm³/mol. The second-order valence-electron chi connectivity index (χ2n) is 10.6. The third kappa shape index (κ3) is 5.51. The molecule has 0 unspecified atom stereocenters. The minimum absolute atomic E-state index is 0.0640. The highest BCUT2D eigenvalue weighted by Gasteiger charge is 2.55. The van der Waals surface area contributed by atoms with Gasteiger partial charge in [0.1, 0.15) is 23.7 Å². The Balaban J connectivity index is 1.80. The molecular formula is C26H35FN2O5Si. The maximum Gasteiger partial charge on any atom is 0.408 e. The first-order valence-corrected chi connectivity index (χ1v) is 14.6. The first-order valence-electron chi connectivity index (χ1n) is 11.7. The number of benzene rings is 2. The van der Waals surface area contributed by atoms with Crippen molar-refractivity contribution in [2.24, 2.45) is 5.73 Å². The average molecular weight is 503 g/mol. The van der Waals surface area contributed by atoms with Crippen molar-refractivity contribution in [2.45, 2.75) is 69.9 Å². The zero-order valence-electron chi connectivity index (χ0n) is 21.0. The molecule has 0 bridgehead atoms. The molecule has 2 amide bonds. The normalized spacial score (nSPS) is 20.6. The molecule has 0 radical (unpaired) electrons. The number of nitrogens with zero attached hydrogens (tertiary/aromatic N) is 1. The number of primary amides is 1. The van der Waals surface area contributed by atoms with Crippen LogP contribution in [-0.4, -0.2) is 42.5 Å². The monoisotopic (exact) mass is 502 g/mol. The van der Waals surface area contributed by atoms with Gasteiger partial charge in [-0.15, -0.1) is 0 Å². The van der Waals surface area contributed by atoms with E-state index in [0.717, 1.165) is 10.5 Å². The van der Waals surface area contributed by atoms with E-state index in [-0.39, 0.29) is 30.5 Å². The molecule has 0 aromatic heterocycles. The number of hydrogen-bond donors (Lipinski definition) is 2. The van der Waals surface area contributed by atoms with Gasteiger partial charge in [0, 0.05) is 5.56 Å². The van der Waals surface area contributed by atoms with Crippen LogP contribution in [0.3, 0.4) is 0 Å². The molecule has 3 rings (SSSR count). The molecule has 0 aliphatic carbocycles. The number of likely N-dealkylation sites (tertiary alicyclic amines) is 1. The third-order valence-electron chi connectivity index (χ3n) is 7.36. The molecule has 3 N–H and O–H groups in total. The highest BCUT2D eigenvalue weighted by atomic mass is 28.4. The maximum atomic E-state index is 13.8. The average Bonchev–Trinajstić information content (AvgIpc) is 3.18. The number of carbonyl (C=O) groups is 2. The first kappa shape index (κ1) is 26.7. The van der Waals surface area contributed by atoms with Crippen LogP contribution in [0.5, 0.6) is 5.75 Å². The molecule has 1 saturated heterocycles. The van der Waals surface area contributed by atoms with Crippen molar-refractivity contribution in [3.8, 4) is 5.75 Å². The predicted octanol–water partition coefficient (Wildman–Crippen LogP) is 5.47. The van der Waals surface area contributed by atoms with E-state index in [1.165, 1.54) is 6.07 Å². The Hall–Kier alpha value is -2.91. The lowest BCUT2D eigenvalue weighted by atomic mass is 9.97. The Morgan fingerprint density at radius 2 is 1.80 bits per heavy atom. The maximum absolute atomic E-state index is 13.8. The van der Waals surface area contributed by atoms with Gasteiger partial charge in [0.15, 0.2) is 8.32 Å². The van der Waals surface area contributed by atoms with Crippen molar-refractivity contribution in [3.63, 3.8) is 0 Å². The van der Waals surface area contributed by atoms with E-state index >= 15 is 0 Å². The highest BCUT2D eigenvalue weighted by molar-refractivity contribution is 6.74. The van der Waals surface area contributed by atoms with Crippen molar-refractivity contribution in [1.82, 2.24) is 4.90 Å². The third-order valence-corrected chi connectivity index (χ3v) is 11.8. The van der Waals surface area contributed by atoms with Crippen LogP contribution < -0.4 is 10.5 Å². The number of hydrogen-bond acceptors (Lipinski definition) is 4. The Labute approximate surface area is 207 Å². The molecule has 0 spiro atoms. The van der Waals surface area contributed by atoms with E-state index in [1.807, 2.05) is 0 Å². The van der Waals surface area contributed by atoms with Gasteiger partial charge < -0.3 is 20.0 Å². The van der Waals surface area contributed by atoms with E-state index in [1.54, 1.807) is 42.5 Å². The summed E-state index contributed by atoms with van der Waals surface area (Å²) in [6.45, 7) is 10.4. The minimum Gasteiger partial charge on any atom is -0.489 e. The number of ether oxygens (including phenoxy) is 1. The van der Waals surface area contributed by atoms with Crippen LogP contribution in [0.4, 0.5) is 9.18 Å². The smallest absolute Gasteiger partial charge is 0.408 e. The summed E-state index contributed by atoms with van der Waals surface area (Å²) in [5, 5.41) is 10.0. The molecule has 2 atom stereocenters. The van der Waals surface area contributed by atoms with Crippen LogP contribution >= 0.6 is 0 Å². The number of amides is 2. The molecule has 1 aliphatic heterocycles. The molecule has 9 heteroatoms. The summed E-state index contributed by atoms with van der Waals surface area (Å²) < 4.78 is 25.8. The van der Waals surface area contributed by atoms with Gasteiger partial charge in [0.2, 0.25) is 5.91 Å². The number of rotatable bonds is 8. The fraction of sp³-hybridized carbons (Fsp3) is 0.462. The van der Waals surface area contributed by atoms with E-state index < -0.39 is 31.9 Å². The van der Waals surface area contributed by atoms with E-state index in [2.05, 4.69) is 33.9 Å². The van der Waals surface area contributed by atoms with Crippen molar-refractivity contribution >= 4 is 20.3 Å². The van der Waals surface area contributed by atoms with Gasteiger partial charge in [-0.2, -0.15) is 0 Å². The van der Waals surface area contributed by atoms with Crippen molar-refractivity contribution < 1.29 is 28.2 Å². The molecule has 35 heavy (non-hydrogen) atoms. The van der Waals surface area contributed by atoms with Gasteiger partial charge in [-0.05, 0) is 54.7 Å². The summed E-state index contributed by atoms with van der Waals surface area (Å²) in [7, 11) is -2.25. The van der Waals surface area contributed by atoms with Crippen molar-refractivity contribution in [1.29, 1.82) is 0 Å². The summed E-state index contributed by atoms with van der Waals surface area (Å²) >= 11 is 0. The van der Waals surface area contributed by atoms with E-state index in [0.29, 0.717) is 17.7 Å². The molecule has 2 aromatic carbocycles. The Morgan fingerprint density at radius 3 is 2.34 bits per heavy atom. The molecular weight excluding hydrogens is 467 g/mol. The number of nitrogens with two attached hydrogens (primary N) is 1. The van der Waals surface area contributed by atoms with Crippen LogP contribution in [0.15, 0.2) is 48.5 Å². The molecule has 2 aromatic rings. The summed E-state index contributed by atoms with van der Waals surface area (Å²) in [4.78, 5) is 26.2. The fourth-order valence-corrected chi connectivity index (χ4v) is 5.12. The zero-order valence-corrected chi connectivity index (χ0v) is 22.0. The molecule has 1 heterocycles. The van der Waals surface area contributed by atoms with Gasteiger partial charge in [-0.25, -0.2) is 9.18 Å². The Bertz CT molecular complexity index is 1070. The van der Waals surface area contributed by atoms with Crippen LogP contribution in [-0.2, 0) is 15.8 Å². The molecule has 1 aliphatic rings. The van der Waals surface area contributed by atoms with Crippen LogP contribution in [0.25, 0.3) is 0 Å². The SMILES string of the molecule is CC(C)(C)[Si](C)(C)OC[C@@]1(C(N)=O)CC[C@H](c2ccc(OCc3ccccc3F)cc2)N1C(=O)O. The fourth-order valence-electron chi connectivity index (χ4n) is 4.09. The minimum atomic E-state index is -2.25. The van der Waals surface area contributed by atoms with Crippen LogP contribution in [0.2, 0.25) is 18.1 Å². The summed E-state index contributed by atoms with van der Waals surface area (Å²) in [5.41, 5.74) is 5.54. The number of carboxylic acid groups (broad SMARTS) is 1. The molecule has 7 nitrogen and oxygen atoms in total. The first-order chi connectivity index (χ1) is 16.3. The standard InChI is InChI=1S/C26H35FN2O5Si/c1-25(2,3)35(4,5)34-17-26(23(28)30)15-14-22(29(26)24(31)32)18-10-12-20(13-11-18)33-16-19-8-6-7-9-21(19)27/h6-13,22H,14-17H2,1-5H3,(H2,28,30)(H,31,32)/t22-,26-/m1/s1. The van der Waals surface area contributed by atoms with Crippen LogP contribution in [0.1, 0.15) is 50.8 Å². The highest BCUT2D eigenvalue weighted by Crippen LogP contribution is 2.45. The lowest BCUT2D eigenvalue weighted by molar-refractivity contribution is -0.130. The Kier molecular flexibility index (Phi) is 7.61. The van der Waals surface area contributed by atoms with E-state index in [4.69, 9.17) is 14.9 Å². The lowest BCUT2D eigenvalue weighted by Gasteiger charge is -2.42. The topological polar surface area (TPSA) is 102 Å². The van der Waals surface area contributed by atoms with Gasteiger partial charge >= 0.3 is 6.09 Å². The molecule has 190 valence electrons. The van der Waals surface area contributed by atoms with Gasteiger partial charge in [0.25, 0.3) is 0 Å². The number of carbonyl (C=O) groups excluding carboxylic acids is 1. The second-order valence-corrected chi connectivity index (χ2v) is 15.4. The number of halogens is 1. The zero-order chi connectivity index (χ0) is 26.0. The van der Waals surface area contributed by atoms with Gasteiger partial charge in [-0.1, -0.05) is 51.1 Å². The Morgan fingerprint density at radius 1 is 1.17 bits per heavy atom. The summed E-state index contributed by atoms with van der Waals surface area (Å²) in [6, 6.07) is 12.8. The van der Waals surface area contributed by atoms with Gasteiger partial charge in [0.05, 0.1) is 12.6 Å². The largest absolute Gasteiger partial charge is 0.489 e. The van der Waals surface area contributed by atoms with Crippen molar-refractivity contribution in [3.05, 3.63) is 65.5 Å². The molecule has 1 fully saturated rings. The lowest BCUT2D eigenvalue weighted by Crippen LogP contribution is -2.60. The van der Waals surface area contributed by atoms with E-state index in [9.17, 15) is 19.1 Å². The van der Waals surface area contributed by atoms with Crippen molar-refractivity contribution in [2.75, 3.05) is 6.61 Å². The summed E-state index contributed by atoms with van der Waals surface area (Å²) in [6.07, 6.45) is -0.504. The van der Waals surface area contributed by atoms with Gasteiger partial charge in [-0.3, -0.25) is 9.69 Å². The quantitative estimate of drug-likeness (QED) is 0.466. The summed E-state index contributed by atoms with van der Waals surface area (Å²) in [5.74, 6) is -0.514.